The van der Waals surface area contributed by atoms with Crippen molar-refractivity contribution >= 4 is 17.4 Å². The molecule has 0 saturated carbocycles. The lowest BCUT2D eigenvalue weighted by molar-refractivity contribution is 0.00930. The molecule has 4 rings (SSSR count). The number of aromatic nitrogens is 3. The van der Waals surface area contributed by atoms with Crippen molar-refractivity contribution in [1.82, 2.24) is 14.6 Å². The molecular weight excluding hydrogens is 258 g/mol. The van der Waals surface area contributed by atoms with Gasteiger partial charge in [-0.15, -0.1) is 0 Å². The van der Waals surface area contributed by atoms with Crippen molar-refractivity contribution in [1.29, 1.82) is 0 Å². The van der Waals surface area contributed by atoms with E-state index < -0.39 is 5.60 Å². The second kappa shape index (κ2) is 4.21. The van der Waals surface area contributed by atoms with Gasteiger partial charge < -0.3 is 5.11 Å². The highest BCUT2D eigenvalue weighted by atomic mass is 32.2. The lowest BCUT2D eigenvalue weighted by Gasteiger charge is -2.43. The molecule has 2 aliphatic rings. The maximum Gasteiger partial charge on any atom is 0.160 e. The van der Waals surface area contributed by atoms with E-state index >= 15 is 0 Å². The molecule has 100 valence electrons. The van der Waals surface area contributed by atoms with Crippen LogP contribution in [0, 0.1) is 0 Å². The van der Waals surface area contributed by atoms with Crippen molar-refractivity contribution in [2.75, 3.05) is 0 Å². The van der Waals surface area contributed by atoms with Crippen LogP contribution in [0.3, 0.4) is 0 Å². The summed E-state index contributed by atoms with van der Waals surface area (Å²) in [4.78, 5) is 4.39. The normalized spacial score (nSPS) is 34.6. The fourth-order valence-electron chi connectivity index (χ4n) is 3.49. The molecule has 0 amide bonds. The number of rotatable bonds is 1. The van der Waals surface area contributed by atoms with Gasteiger partial charge >= 0.3 is 0 Å². The van der Waals surface area contributed by atoms with Gasteiger partial charge in [0.15, 0.2) is 5.65 Å². The molecule has 2 aromatic heterocycles. The van der Waals surface area contributed by atoms with E-state index in [4.69, 9.17) is 0 Å². The summed E-state index contributed by atoms with van der Waals surface area (Å²) in [5.41, 5.74) is 0.970. The molecule has 4 heterocycles. The highest BCUT2D eigenvalue weighted by Crippen LogP contribution is 2.49. The molecule has 0 aromatic carbocycles. The van der Waals surface area contributed by atoms with Crippen LogP contribution < -0.4 is 0 Å². The van der Waals surface area contributed by atoms with E-state index in [0.29, 0.717) is 10.5 Å². The summed E-state index contributed by atoms with van der Waals surface area (Å²) in [7, 11) is 0. The Hall–Kier alpha value is -1.07. The Morgan fingerprint density at radius 1 is 1.32 bits per heavy atom. The van der Waals surface area contributed by atoms with Crippen molar-refractivity contribution in [2.45, 2.75) is 48.2 Å². The number of hydrogen-bond acceptors (Lipinski definition) is 4. The minimum absolute atomic E-state index is 0.594. The van der Waals surface area contributed by atoms with Crippen LogP contribution in [-0.2, 0) is 5.60 Å². The number of nitrogens with zero attached hydrogens (tertiary/aromatic N) is 3. The summed E-state index contributed by atoms with van der Waals surface area (Å²) >= 11 is 2.07. The van der Waals surface area contributed by atoms with E-state index in [1.54, 1.807) is 16.9 Å². The Balaban J connectivity index is 1.78. The van der Waals surface area contributed by atoms with Gasteiger partial charge in [0.2, 0.25) is 0 Å². The largest absolute Gasteiger partial charge is 0.385 e. The van der Waals surface area contributed by atoms with Gasteiger partial charge in [0.05, 0.1) is 11.8 Å². The molecule has 2 saturated heterocycles. The third-order valence-electron chi connectivity index (χ3n) is 4.35. The van der Waals surface area contributed by atoms with Gasteiger partial charge in [-0.05, 0) is 31.7 Å². The van der Waals surface area contributed by atoms with E-state index in [2.05, 4.69) is 21.8 Å². The lowest BCUT2D eigenvalue weighted by Crippen LogP contribution is -2.40. The van der Waals surface area contributed by atoms with Gasteiger partial charge in [-0.3, -0.25) is 0 Å². The minimum atomic E-state index is -0.739. The molecule has 2 fully saturated rings. The average molecular weight is 275 g/mol. The Morgan fingerprint density at radius 2 is 2.11 bits per heavy atom. The maximum absolute atomic E-state index is 11.1. The Morgan fingerprint density at radius 3 is 2.89 bits per heavy atom. The fourth-order valence-corrected chi connectivity index (χ4v) is 5.39. The first-order chi connectivity index (χ1) is 9.24. The minimum Gasteiger partial charge on any atom is -0.385 e. The third kappa shape index (κ3) is 1.87. The smallest absolute Gasteiger partial charge is 0.160 e. The molecule has 0 aliphatic carbocycles. The first-order valence-electron chi connectivity index (χ1n) is 6.91. The Kier molecular flexibility index (Phi) is 2.60. The summed E-state index contributed by atoms with van der Waals surface area (Å²) in [6.45, 7) is 0. The third-order valence-corrected chi connectivity index (χ3v) is 5.92. The van der Waals surface area contributed by atoms with Crippen LogP contribution in [0.5, 0.6) is 0 Å². The zero-order chi connectivity index (χ0) is 12.9. The van der Waals surface area contributed by atoms with Crippen LogP contribution in [0.25, 0.3) is 5.65 Å². The van der Waals surface area contributed by atoms with Gasteiger partial charge in [0, 0.05) is 28.5 Å². The molecule has 0 spiro atoms. The molecule has 2 aromatic rings. The molecule has 0 radical (unpaired) electrons. The summed E-state index contributed by atoms with van der Waals surface area (Å²) < 4.78 is 1.75. The maximum atomic E-state index is 11.1. The van der Waals surface area contributed by atoms with Crippen molar-refractivity contribution in [3.05, 3.63) is 30.2 Å². The number of fused-ring (bicyclic) bond motifs is 3. The Labute approximate surface area is 116 Å². The molecule has 1 N–H and O–H groups in total. The standard InChI is InChI=1S/C14H17N3OS/c18-14(7-10-3-1-4-11(8-14)19-10)12-9-16-17-6-2-5-15-13(12)17/h2,5-6,9-11,18H,1,3-4,7-8H2. The van der Waals surface area contributed by atoms with Gasteiger partial charge in [0.1, 0.15) is 0 Å². The van der Waals surface area contributed by atoms with Gasteiger partial charge in [-0.1, -0.05) is 6.42 Å². The fraction of sp³-hybridized carbons (Fsp3) is 0.571. The number of thioether (sulfide) groups is 1. The monoisotopic (exact) mass is 275 g/mol. The van der Waals surface area contributed by atoms with Crippen LogP contribution >= 0.6 is 11.8 Å². The topological polar surface area (TPSA) is 50.4 Å². The quantitative estimate of drug-likeness (QED) is 0.868. The van der Waals surface area contributed by atoms with Crippen molar-refractivity contribution < 1.29 is 5.11 Å². The highest BCUT2D eigenvalue weighted by molar-refractivity contribution is 8.00. The molecule has 5 heteroatoms. The molecule has 4 nitrogen and oxygen atoms in total. The second-order valence-electron chi connectivity index (χ2n) is 5.70. The predicted octanol–water partition coefficient (Wildman–Crippen LogP) is 2.37. The molecule has 2 bridgehead atoms. The van der Waals surface area contributed by atoms with Crippen molar-refractivity contribution in [3.63, 3.8) is 0 Å². The molecule has 2 aliphatic heterocycles. The van der Waals surface area contributed by atoms with Crippen LogP contribution in [0.1, 0.15) is 37.7 Å². The van der Waals surface area contributed by atoms with Crippen LogP contribution in [0.15, 0.2) is 24.7 Å². The Bertz CT molecular complexity index is 600. The van der Waals surface area contributed by atoms with Crippen molar-refractivity contribution in [3.8, 4) is 0 Å². The number of aliphatic hydroxyl groups is 1. The van der Waals surface area contributed by atoms with E-state index in [1.165, 1.54) is 19.3 Å². The summed E-state index contributed by atoms with van der Waals surface area (Å²) in [5, 5.41) is 16.6. The molecular formula is C14H17N3OS. The second-order valence-corrected chi connectivity index (χ2v) is 7.30. The van der Waals surface area contributed by atoms with E-state index in [-0.39, 0.29) is 0 Å². The lowest BCUT2D eigenvalue weighted by atomic mass is 9.81. The zero-order valence-electron chi connectivity index (χ0n) is 10.7. The van der Waals surface area contributed by atoms with Gasteiger partial charge in [0.25, 0.3) is 0 Å². The highest BCUT2D eigenvalue weighted by Gasteiger charge is 2.44. The number of hydrogen-bond donors (Lipinski definition) is 1. The van der Waals surface area contributed by atoms with Gasteiger partial charge in [-0.2, -0.15) is 16.9 Å². The van der Waals surface area contributed by atoms with Crippen LogP contribution in [0.4, 0.5) is 0 Å². The van der Waals surface area contributed by atoms with Crippen LogP contribution in [0.2, 0.25) is 0 Å². The summed E-state index contributed by atoms with van der Waals surface area (Å²) in [6.07, 6.45) is 10.9. The van der Waals surface area contributed by atoms with Gasteiger partial charge in [-0.25, -0.2) is 9.50 Å². The van der Waals surface area contributed by atoms with E-state index in [0.717, 1.165) is 24.1 Å². The van der Waals surface area contributed by atoms with Crippen LogP contribution in [-0.4, -0.2) is 30.2 Å². The first-order valence-corrected chi connectivity index (χ1v) is 7.86. The molecule has 19 heavy (non-hydrogen) atoms. The summed E-state index contributed by atoms with van der Waals surface area (Å²) in [5.74, 6) is 0. The first kappa shape index (κ1) is 11.7. The van der Waals surface area contributed by atoms with Crippen molar-refractivity contribution in [2.24, 2.45) is 0 Å². The predicted molar refractivity (Wildman–Crippen MR) is 75.1 cm³/mol. The SMILES string of the molecule is OC1(c2cnn3cccnc23)CC2CCCC(C1)S2. The molecule has 2 atom stereocenters. The van der Waals surface area contributed by atoms with E-state index in [9.17, 15) is 5.11 Å². The van der Waals surface area contributed by atoms with E-state index in [1.807, 2.05) is 12.3 Å². The zero-order valence-corrected chi connectivity index (χ0v) is 11.5. The molecule has 2 unspecified atom stereocenters. The average Bonchev–Trinajstić information content (AvgIpc) is 2.82. The summed E-state index contributed by atoms with van der Waals surface area (Å²) in [6, 6.07) is 1.86.